The van der Waals surface area contributed by atoms with Gasteiger partial charge in [-0.2, -0.15) is 0 Å². The topological polar surface area (TPSA) is 15.3 Å². The smallest absolute Gasteiger partial charge is 0.00684 e. The lowest BCUT2D eigenvalue weighted by Gasteiger charge is -2.37. The molecule has 2 aliphatic carbocycles. The van der Waals surface area contributed by atoms with Gasteiger partial charge in [-0.05, 0) is 56.9 Å². The molecule has 0 bridgehead atoms. The summed E-state index contributed by atoms with van der Waals surface area (Å²) in [6, 6.07) is 0.845. The molecule has 1 N–H and O–H groups in total. The Kier molecular flexibility index (Phi) is 5.70. The van der Waals surface area contributed by atoms with Gasteiger partial charge in [0.15, 0.2) is 0 Å². The van der Waals surface area contributed by atoms with E-state index in [2.05, 4.69) is 31.1 Å². The van der Waals surface area contributed by atoms with Crippen LogP contribution in [0.15, 0.2) is 0 Å². The molecule has 0 heterocycles. The predicted molar refractivity (Wildman–Crippen MR) is 83.5 cm³/mol. The first-order valence-corrected chi connectivity index (χ1v) is 8.59. The monoisotopic (exact) mass is 266 g/mol. The average molecular weight is 266 g/mol. The van der Waals surface area contributed by atoms with Crippen LogP contribution in [0.2, 0.25) is 0 Å². The van der Waals surface area contributed by atoms with Gasteiger partial charge in [0, 0.05) is 25.7 Å². The quantitative estimate of drug-likeness (QED) is 0.685. The summed E-state index contributed by atoms with van der Waals surface area (Å²) in [5, 5.41) is 3.77. The summed E-state index contributed by atoms with van der Waals surface area (Å²) in [7, 11) is 2.34. The van der Waals surface area contributed by atoms with Crippen molar-refractivity contribution in [2.24, 2.45) is 11.3 Å². The van der Waals surface area contributed by atoms with Crippen molar-refractivity contribution < 1.29 is 0 Å². The Morgan fingerprint density at radius 3 is 2.21 bits per heavy atom. The third kappa shape index (κ3) is 4.75. The Hall–Kier alpha value is -0.0800. The maximum absolute atomic E-state index is 3.77. The summed E-state index contributed by atoms with van der Waals surface area (Å²) < 4.78 is 0. The SMILES string of the molecule is CCC(CC)(CNC1CC1)CN(C)CC1CCCC1. The summed E-state index contributed by atoms with van der Waals surface area (Å²) in [6.07, 6.45) is 11.3. The molecule has 0 spiro atoms. The van der Waals surface area contributed by atoms with Gasteiger partial charge in [0.25, 0.3) is 0 Å². The second-order valence-corrected chi connectivity index (χ2v) is 7.21. The molecule has 0 unspecified atom stereocenters. The molecular weight excluding hydrogens is 232 g/mol. The molecule has 2 saturated carbocycles. The summed E-state index contributed by atoms with van der Waals surface area (Å²) in [4.78, 5) is 2.62. The first-order chi connectivity index (χ1) is 9.17. The Morgan fingerprint density at radius 2 is 1.68 bits per heavy atom. The minimum absolute atomic E-state index is 0.496. The highest BCUT2D eigenvalue weighted by molar-refractivity contribution is 4.88. The standard InChI is InChI=1S/C17H34N2/c1-4-17(5-2,13-18-16-10-11-16)14-19(3)12-15-8-6-7-9-15/h15-16,18H,4-14H2,1-3H3. The minimum atomic E-state index is 0.496. The van der Waals surface area contributed by atoms with Gasteiger partial charge < -0.3 is 10.2 Å². The van der Waals surface area contributed by atoms with E-state index in [1.54, 1.807) is 0 Å². The van der Waals surface area contributed by atoms with E-state index in [9.17, 15) is 0 Å². The molecule has 19 heavy (non-hydrogen) atoms. The zero-order valence-electron chi connectivity index (χ0n) is 13.4. The molecule has 0 aromatic heterocycles. The summed E-state index contributed by atoms with van der Waals surface area (Å²) in [5.74, 6) is 0.979. The van der Waals surface area contributed by atoms with E-state index in [1.807, 2.05) is 0 Å². The normalized spacial score (nSPS) is 21.5. The van der Waals surface area contributed by atoms with E-state index >= 15 is 0 Å². The van der Waals surface area contributed by atoms with Crippen LogP contribution >= 0.6 is 0 Å². The van der Waals surface area contributed by atoms with Gasteiger partial charge in [-0.3, -0.25) is 0 Å². The molecule has 2 heteroatoms. The highest BCUT2D eigenvalue weighted by Gasteiger charge is 2.31. The van der Waals surface area contributed by atoms with Crippen LogP contribution in [0.1, 0.15) is 65.2 Å². The number of hydrogen-bond donors (Lipinski definition) is 1. The highest BCUT2D eigenvalue weighted by Crippen LogP contribution is 2.31. The van der Waals surface area contributed by atoms with Crippen LogP contribution in [0.25, 0.3) is 0 Å². The number of rotatable bonds is 9. The van der Waals surface area contributed by atoms with E-state index < -0.39 is 0 Å². The van der Waals surface area contributed by atoms with Gasteiger partial charge >= 0.3 is 0 Å². The maximum atomic E-state index is 3.77. The Labute approximate surface area is 120 Å². The van der Waals surface area contributed by atoms with Gasteiger partial charge in [0.05, 0.1) is 0 Å². The summed E-state index contributed by atoms with van der Waals surface area (Å²) in [5.41, 5.74) is 0.496. The van der Waals surface area contributed by atoms with Crippen molar-refractivity contribution in [2.75, 3.05) is 26.7 Å². The van der Waals surface area contributed by atoms with Crippen molar-refractivity contribution in [3.05, 3.63) is 0 Å². The fraction of sp³-hybridized carbons (Fsp3) is 1.00. The lowest BCUT2D eigenvalue weighted by Crippen LogP contribution is -2.44. The molecular formula is C17H34N2. The van der Waals surface area contributed by atoms with Gasteiger partial charge in [0.2, 0.25) is 0 Å². The lowest BCUT2D eigenvalue weighted by molar-refractivity contribution is 0.141. The van der Waals surface area contributed by atoms with Crippen molar-refractivity contribution in [3.8, 4) is 0 Å². The van der Waals surface area contributed by atoms with Crippen molar-refractivity contribution in [1.29, 1.82) is 0 Å². The third-order valence-corrected chi connectivity index (χ3v) is 5.49. The maximum Gasteiger partial charge on any atom is 0.00684 e. The van der Waals surface area contributed by atoms with E-state index in [0.717, 1.165) is 12.0 Å². The molecule has 0 aromatic carbocycles. The van der Waals surface area contributed by atoms with E-state index in [0.29, 0.717) is 5.41 Å². The third-order valence-electron chi connectivity index (χ3n) is 5.49. The molecule has 0 aliphatic heterocycles. The van der Waals surface area contributed by atoms with Gasteiger partial charge in [0.1, 0.15) is 0 Å². The fourth-order valence-electron chi connectivity index (χ4n) is 3.70. The molecule has 0 saturated heterocycles. The van der Waals surface area contributed by atoms with E-state index in [-0.39, 0.29) is 0 Å². The van der Waals surface area contributed by atoms with Gasteiger partial charge in [-0.15, -0.1) is 0 Å². The molecule has 0 aromatic rings. The second kappa shape index (κ2) is 7.08. The average Bonchev–Trinajstić information content (AvgIpc) is 3.11. The number of nitrogens with zero attached hydrogens (tertiary/aromatic N) is 1. The van der Waals surface area contributed by atoms with E-state index in [4.69, 9.17) is 0 Å². The Balaban J connectivity index is 1.78. The summed E-state index contributed by atoms with van der Waals surface area (Å²) in [6.45, 7) is 8.57. The molecule has 2 aliphatic rings. The molecule has 0 atom stereocenters. The highest BCUT2D eigenvalue weighted by atomic mass is 15.1. The largest absolute Gasteiger partial charge is 0.313 e. The molecule has 2 rings (SSSR count). The van der Waals surface area contributed by atoms with E-state index in [1.165, 1.54) is 71.0 Å². The van der Waals surface area contributed by atoms with Crippen molar-refractivity contribution in [1.82, 2.24) is 10.2 Å². The van der Waals surface area contributed by atoms with Crippen LogP contribution in [0.4, 0.5) is 0 Å². The molecule has 2 fully saturated rings. The van der Waals surface area contributed by atoms with Crippen molar-refractivity contribution in [3.63, 3.8) is 0 Å². The minimum Gasteiger partial charge on any atom is -0.313 e. The molecule has 0 amide bonds. The zero-order valence-corrected chi connectivity index (χ0v) is 13.4. The van der Waals surface area contributed by atoms with Crippen molar-refractivity contribution >= 4 is 0 Å². The lowest BCUT2D eigenvalue weighted by atomic mass is 9.81. The van der Waals surface area contributed by atoms with Crippen LogP contribution in [0, 0.1) is 11.3 Å². The van der Waals surface area contributed by atoms with Gasteiger partial charge in [-0.1, -0.05) is 26.7 Å². The van der Waals surface area contributed by atoms with Crippen LogP contribution < -0.4 is 5.32 Å². The molecule has 0 radical (unpaired) electrons. The zero-order chi connectivity index (χ0) is 13.7. The van der Waals surface area contributed by atoms with Crippen LogP contribution in [-0.4, -0.2) is 37.6 Å². The summed E-state index contributed by atoms with van der Waals surface area (Å²) >= 11 is 0. The molecule has 112 valence electrons. The van der Waals surface area contributed by atoms with Gasteiger partial charge in [-0.25, -0.2) is 0 Å². The second-order valence-electron chi connectivity index (χ2n) is 7.21. The first kappa shape index (κ1) is 15.3. The Bertz CT molecular complexity index is 250. The Morgan fingerprint density at radius 1 is 1.05 bits per heavy atom. The van der Waals surface area contributed by atoms with Crippen LogP contribution in [-0.2, 0) is 0 Å². The predicted octanol–water partition coefficient (Wildman–Crippen LogP) is 3.67. The van der Waals surface area contributed by atoms with Crippen molar-refractivity contribution in [2.45, 2.75) is 71.3 Å². The van der Waals surface area contributed by atoms with Crippen LogP contribution in [0.3, 0.4) is 0 Å². The fourth-order valence-corrected chi connectivity index (χ4v) is 3.70. The number of hydrogen-bond acceptors (Lipinski definition) is 2. The number of nitrogens with one attached hydrogen (secondary N) is 1. The van der Waals surface area contributed by atoms with Crippen LogP contribution in [0.5, 0.6) is 0 Å². The molecule has 2 nitrogen and oxygen atoms in total. The first-order valence-electron chi connectivity index (χ1n) is 8.59.